The van der Waals surface area contributed by atoms with E-state index in [-0.39, 0.29) is 11.8 Å². The number of benzene rings is 1. The summed E-state index contributed by atoms with van der Waals surface area (Å²) in [5, 5.41) is 6.76. The van der Waals surface area contributed by atoms with Crippen molar-refractivity contribution in [1.82, 2.24) is 15.5 Å². The molecule has 8 heteroatoms. The fraction of sp³-hybridized carbons (Fsp3) is 0.529. The summed E-state index contributed by atoms with van der Waals surface area (Å²) in [4.78, 5) is 26.7. The van der Waals surface area contributed by atoms with E-state index in [1.807, 2.05) is 0 Å². The normalized spacial score (nSPS) is 16.9. The minimum atomic E-state index is -0.444. The van der Waals surface area contributed by atoms with Crippen LogP contribution in [0.25, 0.3) is 0 Å². The summed E-state index contributed by atoms with van der Waals surface area (Å²) in [5.74, 6) is -0.325. The Morgan fingerprint density at radius 3 is 2.76 bits per heavy atom. The molecular weight excluding hydrogens is 365 g/mol. The summed E-state index contributed by atoms with van der Waals surface area (Å²) in [5.41, 5.74) is 0.440. The van der Waals surface area contributed by atoms with Crippen LogP contribution in [0.5, 0.6) is 0 Å². The maximum Gasteiger partial charge on any atom is 0.254 e. The van der Waals surface area contributed by atoms with Crippen LogP contribution in [-0.2, 0) is 9.53 Å². The second kappa shape index (κ2) is 9.97. The Labute approximate surface area is 157 Å². The quantitative estimate of drug-likeness (QED) is 0.668. The second-order valence-corrected chi connectivity index (χ2v) is 6.63. The van der Waals surface area contributed by atoms with Gasteiger partial charge < -0.3 is 20.3 Å². The topological polar surface area (TPSA) is 70.7 Å². The standard InChI is InChI=1S/C17H23Cl2N3O3/c1-25-10-8-20-6-7-21-16(23)15-3-2-9-22(15)17(24)12-4-5-13(18)14(19)11-12/h4-5,11,15,20H,2-3,6-10H2,1H3,(H,21,23). The number of hydrogen-bond acceptors (Lipinski definition) is 4. The Hall–Kier alpha value is -1.34. The van der Waals surface area contributed by atoms with Gasteiger partial charge in [0.25, 0.3) is 5.91 Å². The number of nitrogens with one attached hydrogen (secondary N) is 2. The average Bonchev–Trinajstić information content (AvgIpc) is 3.09. The first-order valence-corrected chi connectivity index (χ1v) is 9.03. The lowest BCUT2D eigenvalue weighted by molar-refractivity contribution is -0.124. The van der Waals surface area contributed by atoms with Gasteiger partial charge in [-0.1, -0.05) is 23.2 Å². The Bertz CT molecular complexity index is 613. The highest BCUT2D eigenvalue weighted by atomic mass is 35.5. The van der Waals surface area contributed by atoms with Crippen molar-refractivity contribution in [2.45, 2.75) is 18.9 Å². The number of rotatable bonds is 8. The van der Waals surface area contributed by atoms with Crippen LogP contribution < -0.4 is 10.6 Å². The molecule has 1 unspecified atom stereocenters. The van der Waals surface area contributed by atoms with Crippen LogP contribution in [0.3, 0.4) is 0 Å². The molecular formula is C17H23Cl2N3O3. The Morgan fingerprint density at radius 2 is 2.04 bits per heavy atom. The molecule has 1 aliphatic rings. The van der Waals surface area contributed by atoms with E-state index in [0.717, 1.165) is 13.0 Å². The zero-order chi connectivity index (χ0) is 18.2. The number of likely N-dealkylation sites (tertiary alicyclic amines) is 1. The van der Waals surface area contributed by atoms with Gasteiger partial charge in [0.2, 0.25) is 5.91 Å². The van der Waals surface area contributed by atoms with Crippen molar-refractivity contribution in [3.8, 4) is 0 Å². The maximum atomic E-state index is 12.7. The fourth-order valence-electron chi connectivity index (χ4n) is 2.77. The van der Waals surface area contributed by atoms with E-state index in [1.165, 1.54) is 0 Å². The SMILES string of the molecule is COCCNCCNC(=O)C1CCCN1C(=O)c1ccc(Cl)c(Cl)c1. The van der Waals surface area contributed by atoms with Crippen LogP contribution in [0.15, 0.2) is 18.2 Å². The van der Waals surface area contributed by atoms with Crippen molar-refractivity contribution in [1.29, 1.82) is 0 Å². The zero-order valence-electron chi connectivity index (χ0n) is 14.2. The lowest BCUT2D eigenvalue weighted by atomic mass is 10.1. The molecule has 1 aromatic rings. The number of carbonyl (C=O) groups is 2. The van der Waals surface area contributed by atoms with Crippen molar-refractivity contribution >= 4 is 35.0 Å². The number of carbonyl (C=O) groups excluding carboxylic acids is 2. The highest BCUT2D eigenvalue weighted by Crippen LogP contribution is 2.25. The van der Waals surface area contributed by atoms with E-state index in [0.29, 0.717) is 48.3 Å². The average molecular weight is 388 g/mol. The van der Waals surface area contributed by atoms with Gasteiger partial charge in [0, 0.05) is 38.9 Å². The molecule has 0 aromatic heterocycles. The molecule has 1 saturated heterocycles. The van der Waals surface area contributed by atoms with Crippen molar-refractivity contribution in [3.63, 3.8) is 0 Å². The number of nitrogens with zero attached hydrogens (tertiary/aromatic N) is 1. The molecule has 0 spiro atoms. The van der Waals surface area contributed by atoms with Gasteiger partial charge in [0.05, 0.1) is 16.7 Å². The third-order valence-electron chi connectivity index (χ3n) is 4.07. The van der Waals surface area contributed by atoms with Crippen LogP contribution in [0.4, 0.5) is 0 Å². The molecule has 0 bridgehead atoms. The van der Waals surface area contributed by atoms with Gasteiger partial charge in [0.1, 0.15) is 6.04 Å². The van der Waals surface area contributed by atoms with Gasteiger partial charge in [-0.05, 0) is 31.0 Å². The Balaban J connectivity index is 1.89. The molecule has 0 aliphatic carbocycles. The molecule has 1 fully saturated rings. The first kappa shape index (κ1) is 20.0. The summed E-state index contributed by atoms with van der Waals surface area (Å²) >= 11 is 11.9. The predicted octanol–water partition coefficient (Wildman–Crippen LogP) is 1.95. The van der Waals surface area contributed by atoms with E-state index in [4.69, 9.17) is 27.9 Å². The molecule has 0 radical (unpaired) electrons. The second-order valence-electron chi connectivity index (χ2n) is 5.82. The minimum Gasteiger partial charge on any atom is -0.383 e. The number of ether oxygens (including phenoxy) is 1. The molecule has 2 rings (SSSR count). The molecule has 1 atom stereocenters. The fourth-order valence-corrected chi connectivity index (χ4v) is 3.07. The summed E-state index contributed by atoms with van der Waals surface area (Å²) in [6.07, 6.45) is 1.47. The van der Waals surface area contributed by atoms with Gasteiger partial charge in [-0.2, -0.15) is 0 Å². The number of hydrogen-bond donors (Lipinski definition) is 2. The first-order valence-electron chi connectivity index (χ1n) is 8.28. The smallest absolute Gasteiger partial charge is 0.254 e. The summed E-state index contributed by atoms with van der Waals surface area (Å²) in [6, 6.07) is 4.32. The monoisotopic (exact) mass is 387 g/mol. The number of methoxy groups -OCH3 is 1. The highest BCUT2D eigenvalue weighted by Gasteiger charge is 2.34. The van der Waals surface area contributed by atoms with Crippen LogP contribution >= 0.6 is 23.2 Å². The van der Waals surface area contributed by atoms with E-state index >= 15 is 0 Å². The lowest BCUT2D eigenvalue weighted by Gasteiger charge is -2.24. The minimum absolute atomic E-state index is 0.126. The van der Waals surface area contributed by atoms with E-state index in [9.17, 15) is 9.59 Å². The van der Waals surface area contributed by atoms with E-state index in [1.54, 1.807) is 30.2 Å². The molecule has 6 nitrogen and oxygen atoms in total. The first-order chi connectivity index (χ1) is 12.0. The van der Waals surface area contributed by atoms with Gasteiger partial charge in [-0.15, -0.1) is 0 Å². The number of amides is 2. The zero-order valence-corrected chi connectivity index (χ0v) is 15.7. The molecule has 138 valence electrons. The molecule has 1 heterocycles. The molecule has 25 heavy (non-hydrogen) atoms. The predicted molar refractivity (Wildman–Crippen MR) is 98.3 cm³/mol. The van der Waals surface area contributed by atoms with Crippen molar-refractivity contribution in [3.05, 3.63) is 33.8 Å². The van der Waals surface area contributed by atoms with Gasteiger partial charge in [-0.3, -0.25) is 9.59 Å². The third-order valence-corrected chi connectivity index (χ3v) is 4.81. The van der Waals surface area contributed by atoms with Gasteiger partial charge in [0.15, 0.2) is 0 Å². The maximum absolute atomic E-state index is 12.7. The van der Waals surface area contributed by atoms with Crippen LogP contribution in [-0.4, -0.2) is 62.7 Å². The summed E-state index contributed by atoms with van der Waals surface area (Å²) in [6.45, 7) is 3.08. The highest BCUT2D eigenvalue weighted by molar-refractivity contribution is 6.42. The Morgan fingerprint density at radius 1 is 1.24 bits per heavy atom. The third kappa shape index (κ3) is 5.57. The summed E-state index contributed by atoms with van der Waals surface area (Å²) < 4.78 is 4.94. The van der Waals surface area contributed by atoms with Crippen LogP contribution in [0.2, 0.25) is 10.0 Å². The number of halogens is 2. The molecule has 2 N–H and O–H groups in total. The van der Waals surface area contributed by atoms with Crippen LogP contribution in [0.1, 0.15) is 23.2 Å². The lowest BCUT2D eigenvalue weighted by Crippen LogP contribution is -2.47. The van der Waals surface area contributed by atoms with Crippen molar-refractivity contribution in [2.75, 3.05) is 39.9 Å². The molecule has 0 saturated carbocycles. The molecule has 1 aliphatic heterocycles. The van der Waals surface area contributed by atoms with Crippen molar-refractivity contribution in [2.24, 2.45) is 0 Å². The largest absolute Gasteiger partial charge is 0.383 e. The Kier molecular flexibility index (Phi) is 7.96. The van der Waals surface area contributed by atoms with E-state index in [2.05, 4.69) is 10.6 Å². The van der Waals surface area contributed by atoms with Crippen LogP contribution in [0, 0.1) is 0 Å². The van der Waals surface area contributed by atoms with E-state index < -0.39 is 6.04 Å². The molecule has 1 aromatic carbocycles. The molecule has 2 amide bonds. The van der Waals surface area contributed by atoms with Crippen molar-refractivity contribution < 1.29 is 14.3 Å². The summed E-state index contributed by atoms with van der Waals surface area (Å²) in [7, 11) is 1.64. The van der Waals surface area contributed by atoms with Gasteiger partial charge >= 0.3 is 0 Å². The van der Waals surface area contributed by atoms with Gasteiger partial charge in [-0.25, -0.2) is 0 Å².